The van der Waals surface area contributed by atoms with Crippen LogP contribution in [0.3, 0.4) is 0 Å². The number of piperazine rings is 1. The number of non-ortho nitro benzene ring substituents is 1. The van der Waals surface area contributed by atoms with E-state index >= 15 is 0 Å². The highest BCUT2D eigenvalue weighted by Crippen LogP contribution is 2.30. The summed E-state index contributed by atoms with van der Waals surface area (Å²) < 4.78 is 6.51. The van der Waals surface area contributed by atoms with Gasteiger partial charge < -0.3 is 19.4 Å². The summed E-state index contributed by atoms with van der Waals surface area (Å²) in [6.45, 7) is 9.25. The summed E-state index contributed by atoms with van der Waals surface area (Å²) in [7, 11) is 1.59. The first-order chi connectivity index (χ1) is 27.2. The summed E-state index contributed by atoms with van der Waals surface area (Å²) in [6.07, 6.45) is 6.61. The normalized spacial score (nSPS) is 20.9. The highest BCUT2D eigenvalue weighted by Gasteiger charge is 2.37. The van der Waals surface area contributed by atoms with Crippen molar-refractivity contribution in [1.29, 1.82) is 0 Å². The number of amides is 2. The van der Waals surface area contributed by atoms with Gasteiger partial charge >= 0.3 is 0 Å². The lowest BCUT2D eigenvalue weighted by molar-refractivity contribution is -0.384. The molecule has 0 radical (unpaired) electrons. The molecule has 14 heteroatoms. The van der Waals surface area contributed by atoms with Crippen LogP contribution in [-0.4, -0.2) is 113 Å². The third-order valence-electron chi connectivity index (χ3n) is 12.4. The number of carbonyl (C=O) groups is 2. The van der Waals surface area contributed by atoms with Gasteiger partial charge in [0.05, 0.1) is 30.2 Å². The number of rotatable bonds is 10. The third kappa shape index (κ3) is 7.98. The fourth-order valence-corrected chi connectivity index (χ4v) is 9.03. The standard InChI is InChI=1S/C42H50N8O6/c1-56-37-10-2-30(3-11-37)29-48-40(51)13-12-39(42(48)53)49-41(52)38-26-36(5-4-32(38)27-43-49)45-20-14-31(15-21-45)28-44-18-16-34(17-19-44)47-24-22-46(23-25-47)33-6-8-35(9-7-33)50(54)55/h2-11,26-27,31,34,39H,12-25,28-29H2,1H3. The number of nitro benzene ring substituents is 1. The molecule has 4 aromatic rings. The molecule has 2 amide bonds. The van der Waals surface area contributed by atoms with E-state index in [1.807, 2.05) is 36.4 Å². The molecular weight excluding hydrogens is 713 g/mol. The van der Waals surface area contributed by atoms with Gasteiger partial charge in [0.15, 0.2) is 0 Å². The molecule has 14 nitrogen and oxygen atoms in total. The molecule has 3 aromatic carbocycles. The molecule has 1 atom stereocenters. The molecule has 0 spiro atoms. The van der Waals surface area contributed by atoms with Crippen molar-refractivity contribution in [3.63, 3.8) is 0 Å². The molecule has 294 valence electrons. The van der Waals surface area contributed by atoms with E-state index in [-0.39, 0.29) is 41.5 Å². The van der Waals surface area contributed by atoms with E-state index in [2.05, 4.69) is 30.8 Å². The SMILES string of the molecule is COc1ccc(CN2C(=O)CCC(n3ncc4ccc(N5CCC(CN6CCC(N7CCN(c8ccc([N+](=O)[O-])cc8)CC7)CC6)CC5)cc4c3=O)C2=O)cc1. The van der Waals surface area contributed by atoms with Crippen molar-refractivity contribution in [3.05, 3.63) is 99.0 Å². The van der Waals surface area contributed by atoms with Crippen molar-refractivity contribution in [1.82, 2.24) is 24.5 Å². The number of fused-ring (bicyclic) bond motifs is 1. The van der Waals surface area contributed by atoms with Gasteiger partial charge in [0.1, 0.15) is 11.8 Å². The van der Waals surface area contributed by atoms with Gasteiger partial charge in [-0.15, -0.1) is 0 Å². The topological polar surface area (TPSA) is 138 Å². The van der Waals surface area contributed by atoms with Crippen LogP contribution in [0.15, 0.2) is 77.7 Å². The molecule has 4 fully saturated rings. The number of carbonyl (C=O) groups excluding carboxylic acids is 2. The molecule has 4 aliphatic heterocycles. The molecule has 0 aliphatic carbocycles. The Balaban J connectivity index is 0.826. The zero-order valence-corrected chi connectivity index (χ0v) is 32.0. The number of methoxy groups -OCH3 is 1. The minimum Gasteiger partial charge on any atom is -0.497 e. The van der Waals surface area contributed by atoms with Crippen molar-refractivity contribution in [2.24, 2.45) is 5.92 Å². The Bertz CT molecular complexity index is 2100. The maximum atomic E-state index is 13.9. The largest absolute Gasteiger partial charge is 0.497 e. The van der Waals surface area contributed by atoms with Crippen LogP contribution in [0.4, 0.5) is 17.1 Å². The number of anilines is 2. The molecule has 56 heavy (non-hydrogen) atoms. The molecule has 8 rings (SSSR count). The number of hydrogen-bond acceptors (Lipinski definition) is 11. The summed E-state index contributed by atoms with van der Waals surface area (Å²) in [6, 6.07) is 19.9. The lowest BCUT2D eigenvalue weighted by Gasteiger charge is -2.44. The van der Waals surface area contributed by atoms with Crippen LogP contribution in [0.25, 0.3) is 10.8 Å². The van der Waals surface area contributed by atoms with Crippen molar-refractivity contribution < 1.29 is 19.2 Å². The van der Waals surface area contributed by atoms with Crippen LogP contribution in [0, 0.1) is 16.0 Å². The van der Waals surface area contributed by atoms with Crippen LogP contribution in [-0.2, 0) is 16.1 Å². The Labute approximate surface area is 326 Å². The molecule has 4 aliphatic rings. The second-order valence-electron chi connectivity index (χ2n) is 15.6. The summed E-state index contributed by atoms with van der Waals surface area (Å²) in [5.74, 6) is 0.668. The maximum Gasteiger partial charge on any atom is 0.275 e. The highest BCUT2D eigenvalue weighted by atomic mass is 16.6. The summed E-state index contributed by atoms with van der Waals surface area (Å²) >= 11 is 0. The second-order valence-corrected chi connectivity index (χ2v) is 15.6. The summed E-state index contributed by atoms with van der Waals surface area (Å²) in [5.41, 5.74) is 2.68. The van der Waals surface area contributed by atoms with E-state index in [0.717, 1.165) is 94.1 Å². The molecule has 1 unspecified atom stereocenters. The number of ether oxygens (including phenoxy) is 1. The lowest BCUT2D eigenvalue weighted by Crippen LogP contribution is -2.53. The van der Waals surface area contributed by atoms with Gasteiger partial charge in [0, 0.05) is 87.2 Å². The van der Waals surface area contributed by atoms with Crippen LogP contribution >= 0.6 is 0 Å². The molecular formula is C42H50N8O6. The minimum absolute atomic E-state index is 0.131. The molecule has 0 saturated carbocycles. The van der Waals surface area contributed by atoms with Gasteiger partial charge in [-0.3, -0.25) is 34.3 Å². The smallest absolute Gasteiger partial charge is 0.275 e. The maximum absolute atomic E-state index is 13.9. The van der Waals surface area contributed by atoms with Crippen molar-refractivity contribution in [2.75, 3.05) is 75.8 Å². The highest BCUT2D eigenvalue weighted by molar-refractivity contribution is 5.99. The number of imide groups is 1. The molecule has 0 N–H and O–H groups in total. The van der Waals surface area contributed by atoms with E-state index in [0.29, 0.717) is 23.1 Å². The molecule has 4 saturated heterocycles. The van der Waals surface area contributed by atoms with Crippen LogP contribution in [0.1, 0.15) is 50.1 Å². The lowest BCUT2D eigenvalue weighted by atomic mass is 9.94. The minimum atomic E-state index is -0.841. The average Bonchev–Trinajstić information content (AvgIpc) is 3.24. The van der Waals surface area contributed by atoms with E-state index in [1.165, 1.54) is 22.4 Å². The van der Waals surface area contributed by atoms with Gasteiger partial charge in [-0.05, 0) is 93.1 Å². The predicted molar refractivity (Wildman–Crippen MR) is 214 cm³/mol. The zero-order valence-electron chi connectivity index (χ0n) is 32.0. The van der Waals surface area contributed by atoms with Gasteiger partial charge in [-0.25, -0.2) is 4.68 Å². The Morgan fingerprint density at radius 1 is 0.786 bits per heavy atom. The predicted octanol–water partition coefficient (Wildman–Crippen LogP) is 4.71. The second kappa shape index (κ2) is 16.4. The first-order valence-electron chi connectivity index (χ1n) is 19.9. The number of nitrogens with zero attached hydrogens (tertiary/aromatic N) is 8. The zero-order chi connectivity index (χ0) is 38.8. The van der Waals surface area contributed by atoms with Crippen molar-refractivity contribution >= 4 is 39.6 Å². The molecule has 5 heterocycles. The first-order valence-corrected chi connectivity index (χ1v) is 19.9. The van der Waals surface area contributed by atoms with E-state index in [4.69, 9.17) is 4.74 Å². The number of nitro groups is 1. The van der Waals surface area contributed by atoms with Crippen molar-refractivity contribution in [2.45, 2.75) is 57.2 Å². The first kappa shape index (κ1) is 37.6. The third-order valence-corrected chi connectivity index (χ3v) is 12.4. The van der Waals surface area contributed by atoms with Crippen LogP contribution in [0.5, 0.6) is 5.75 Å². The number of likely N-dealkylation sites (tertiary alicyclic amines) is 2. The van der Waals surface area contributed by atoms with Gasteiger partial charge in [-0.1, -0.05) is 18.2 Å². The Kier molecular flexibility index (Phi) is 11.0. The summed E-state index contributed by atoms with van der Waals surface area (Å²) in [5, 5.41) is 16.7. The van der Waals surface area contributed by atoms with E-state index in [1.54, 1.807) is 37.6 Å². The Hall–Kier alpha value is -5.34. The van der Waals surface area contributed by atoms with Gasteiger partial charge in [0.25, 0.3) is 17.2 Å². The number of piperidine rings is 3. The van der Waals surface area contributed by atoms with Gasteiger partial charge in [0.2, 0.25) is 5.91 Å². The monoisotopic (exact) mass is 762 g/mol. The van der Waals surface area contributed by atoms with Crippen LogP contribution < -0.4 is 20.1 Å². The quantitative estimate of drug-likeness (QED) is 0.126. The molecule has 0 bridgehead atoms. The fraction of sp³-hybridized carbons (Fsp3) is 0.476. The van der Waals surface area contributed by atoms with E-state index in [9.17, 15) is 24.5 Å². The van der Waals surface area contributed by atoms with Gasteiger partial charge in [-0.2, -0.15) is 5.10 Å². The van der Waals surface area contributed by atoms with Crippen molar-refractivity contribution in [3.8, 4) is 5.75 Å². The number of hydrogen-bond donors (Lipinski definition) is 0. The Morgan fingerprint density at radius 3 is 2.14 bits per heavy atom. The fourth-order valence-electron chi connectivity index (χ4n) is 9.03. The number of benzene rings is 3. The summed E-state index contributed by atoms with van der Waals surface area (Å²) in [4.78, 5) is 62.3. The number of aromatic nitrogens is 2. The van der Waals surface area contributed by atoms with E-state index < -0.39 is 11.9 Å². The molecule has 1 aromatic heterocycles. The van der Waals surface area contributed by atoms with Crippen LogP contribution in [0.2, 0.25) is 0 Å². The average molecular weight is 763 g/mol. The Morgan fingerprint density at radius 2 is 1.46 bits per heavy atom.